The fourth-order valence-corrected chi connectivity index (χ4v) is 8.79. The zero-order valence-corrected chi connectivity index (χ0v) is 40.8. The van der Waals surface area contributed by atoms with Crippen LogP contribution in [-0.2, 0) is 21.7 Å². The minimum atomic E-state index is 0.0182. The molecule has 0 N–H and O–H groups in total. The van der Waals surface area contributed by atoms with Gasteiger partial charge in [-0.3, -0.25) is 0 Å². The lowest BCUT2D eigenvalue weighted by molar-refractivity contribution is 0.590. The molecule has 0 nitrogen and oxygen atoms in total. The van der Waals surface area contributed by atoms with Crippen molar-refractivity contribution in [3.8, 4) is 66.8 Å². The Morgan fingerprint density at radius 2 is 0.350 bits per heavy atom. The topological polar surface area (TPSA) is 0 Å². The van der Waals surface area contributed by atoms with Crippen molar-refractivity contribution in [2.24, 2.45) is 0 Å². The molecule has 0 aliphatic heterocycles. The van der Waals surface area contributed by atoms with E-state index in [1.54, 1.807) is 0 Å². The molecule has 0 aliphatic rings. The first kappa shape index (κ1) is 43.6. The smallest absolute Gasteiger partial charge is 0.0175 e. The largest absolute Gasteiger partial charge is 0.0579 e. The lowest BCUT2D eigenvalue weighted by atomic mass is 9.73. The maximum absolute atomic E-state index is 3.79. The molecule has 0 radical (unpaired) electrons. The summed E-state index contributed by atoms with van der Waals surface area (Å²) < 4.78 is 2.11. The summed E-state index contributed by atoms with van der Waals surface area (Å²) in [5.41, 5.74) is 19.8. The fraction of sp³-hybridized carbons (Fsp3) is 0.276. The summed E-state index contributed by atoms with van der Waals surface area (Å²) in [4.78, 5) is 0. The highest BCUT2D eigenvalue weighted by Crippen LogP contribution is 2.56. The van der Waals surface area contributed by atoms with E-state index in [2.05, 4.69) is 261 Å². The molecule has 7 aromatic carbocycles. The number of benzene rings is 7. The lowest BCUT2D eigenvalue weighted by Crippen LogP contribution is -2.11. The predicted molar refractivity (Wildman–Crippen MR) is 269 cm³/mol. The second-order valence-electron chi connectivity index (χ2n) is 20.6. The molecule has 60 heavy (non-hydrogen) atoms. The summed E-state index contributed by atoms with van der Waals surface area (Å²) in [6, 6.07) is 55.5. The molecule has 7 rings (SSSR count). The first-order valence-corrected chi connectivity index (χ1v) is 22.9. The highest BCUT2D eigenvalue weighted by Gasteiger charge is 2.30. The van der Waals surface area contributed by atoms with Crippen molar-refractivity contribution in [1.29, 1.82) is 0 Å². The van der Waals surface area contributed by atoms with E-state index in [0.29, 0.717) is 0 Å². The molecule has 0 saturated heterocycles. The van der Waals surface area contributed by atoms with Crippen molar-refractivity contribution >= 4 is 31.9 Å². The average molecular weight is 917 g/mol. The van der Waals surface area contributed by atoms with Gasteiger partial charge in [0, 0.05) is 8.95 Å². The Hall–Kier alpha value is -4.50. The zero-order valence-electron chi connectivity index (χ0n) is 37.6. The highest BCUT2D eigenvalue weighted by atomic mass is 79.9. The Kier molecular flexibility index (Phi) is 11.9. The van der Waals surface area contributed by atoms with E-state index in [4.69, 9.17) is 0 Å². The Morgan fingerprint density at radius 1 is 0.217 bits per heavy atom. The molecule has 2 heteroatoms. The molecule has 0 spiro atoms. The van der Waals surface area contributed by atoms with Gasteiger partial charge in [0.05, 0.1) is 0 Å². The lowest BCUT2D eigenvalue weighted by Gasteiger charge is -2.30. The fourth-order valence-electron chi connectivity index (χ4n) is 8.26. The quantitative estimate of drug-likeness (QED) is 0.156. The van der Waals surface area contributed by atoms with Crippen molar-refractivity contribution in [3.63, 3.8) is 0 Å². The summed E-state index contributed by atoms with van der Waals surface area (Å²) in [6.07, 6.45) is 0. The third-order valence-electron chi connectivity index (χ3n) is 11.9. The number of halogens is 2. The molecule has 7 aromatic rings. The van der Waals surface area contributed by atoms with Gasteiger partial charge in [-0.05, 0) is 135 Å². The van der Waals surface area contributed by atoms with Crippen LogP contribution in [0.5, 0.6) is 0 Å². The Bertz CT molecular complexity index is 2270. The van der Waals surface area contributed by atoms with Gasteiger partial charge < -0.3 is 0 Å². The van der Waals surface area contributed by atoms with Gasteiger partial charge in [0.25, 0.3) is 0 Å². The summed E-state index contributed by atoms with van der Waals surface area (Å²) in [6.45, 7) is 27.5. The standard InChI is InChI=1S/C58H60Br2/c1-55(2,3)43-25-13-37(14-26-43)49-50(38-15-27-44(28-16-38)56(4,5)6)54(42-23-35-48(60)36-24-42)52(40-19-31-46(32-20-40)58(10,11)12)51(53(49)41-21-33-47(59)34-22-41)39-17-29-45(30-18-39)57(7,8)9/h13-36H,1-12H3. The van der Waals surface area contributed by atoms with Crippen LogP contribution in [-0.4, -0.2) is 0 Å². The van der Waals surface area contributed by atoms with Crippen LogP contribution in [0, 0.1) is 0 Å². The molecule has 306 valence electrons. The van der Waals surface area contributed by atoms with Gasteiger partial charge in [-0.1, -0.05) is 236 Å². The second-order valence-corrected chi connectivity index (χ2v) is 22.4. The third-order valence-corrected chi connectivity index (χ3v) is 13.0. The SMILES string of the molecule is CC(C)(C)c1ccc(-c2c(-c3ccc(Br)cc3)c(-c3ccc(C(C)(C)C)cc3)c(-c3ccc(C(C)(C)C)cc3)c(-c3ccc(Br)cc3)c2-c2ccc(C(C)(C)C)cc2)cc1. The zero-order chi connectivity index (χ0) is 43.4. The van der Waals surface area contributed by atoms with Crippen LogP contribution in [0.1, 0.15) is 105 Å². The van der Waals surface area contributed by atoms with Crippen molar-refractivity contribution in [1.82, 2.24) is 0 Å². The van der Waals surface area contributed by atoms with Crippen LogP contribution in [0.15, 0.2) is 155 Å². The van der Waals surface area contributed by atoms with Crippen molar-refractivity contribution in [2.45, 2.75) is 105 Å². The molecule has 0 fully saturated rings. The molecular formula is C58H60Br2. The molecule has 0 atom stereocenters. The molecular weight excluding hydrogens is 856 g/mol. The average Bonchev–Trinajstić information content (AvgIpc) is 3.19. The Labute approximate surface area is 377 Å². The van der Waals surface area contributed by atoms with Gasteiger partial charge in [-0.2, -0.15) is 0 Å². The van der Waals surface area contributed by atoms with Gasteiger partial charge in [-0.25, -0.2) is 0 Å². The summed E-state index contributed by atoms with van der Waals surface area (Å²) in [7, 11) is 0. The van der Waals surface area contributed by atoms with Crippen LogP contribution in [0.4, 0.5) is 0 Å². The number of hydrogen-bond donors (Lipinski definition) is 0. The summed E-state index contributed by atoms with van der Waals surface area (Å²) >= 11 is 7.58. The van der Waals surface area contributed by atoms with Gasteiger partial charge in [0.1, 0.15) is 0 Å². The maximum atomic E-state index is 3.79. The highest BCUT2D eigenvalue weighted by molar-refractivity contribution is 9.10. The molecule has 0 aliphatic carbocycles. The van der Waals surface area contributed by atoms with E-state index in [-0.39, 0.29) is 21.7 Å². The van der Waals surface area contributed by atoms with Gasteiger partial charge in [0.2, 0.25) is 0 Å². The summed E-state index contributed by atoms with van der Waals surface area (Å²) in [5.74, 6) is 0. The van der Waals surface area contributed by atoms with E-state index in [1.807, 2.05) is 0 Å². The van der Waals surface area contributed by atoms with Gasteiger partial charge >= 0.3 is 0 Å². The van der Waals surface area contributed by atoms with Crippen LogP contribution in [0.3, 0.4) is 0 Å². The van der Waals surface area contributed by atoms with Crippen LogP contribution in [0.25, 0.3) is 66.8 Å². The normalized spacial score (nSPS) is 12.5. The minimum Gasteiger partial charge on any atom is -0.0579 e. The third kappa shape index (κ3) is 9.07. The van der Waals surface area contributed by atoms with Gasteiger partial charge in [-0.15, -0.1) is 0 Å². The maximum Gasteiger partial charge on any atom is 0.0175 e. The number of rotatable bonds is 6. The van der Waals surface area contributed by atoms with Crippen LogP contribution in [0.2, 0.25) is 0 Å². The molecule has 0 aromatic heterocycles. The van der Waals surface area contributed by atoms with E-state index in [1.165, 1.54) is 89.0 Å². The molecule has 0 amide bonds. The molecule has 0 saturated carbocycles. The number of hydrogen-bond acceptors (Lipinski definition) is 0. The van der Waals surface area contributed by atoms with E-state index in [0.717, 1.165) is 8.95 Å². The monoisotopic (exact) mass is 914 g/mol. The molecule has 0 bridgehead atoms. The first-order chi connectivity index (χ1) is 28.1. The Balaban J connectivity index is 1.78. The van der Waals surface area contributed by atoms with Crippen molar-refractivity contribution in [2.75, 3.05) is 0 Å². The van der Waals surface area contributed by atoms with Gasteiger partial charge in [0.15, 0.2) is 0 Å². The van der Waals surface area contributed by atoms with E-state index < -0.39 is 0 Å². The summed E-state index contributed by atoms with van der Waals surface area (Å²) in [5, 5.41) is 0. The van der Waals surface area contributed by atoms with Crippen LogP contribution >= 0.6 is 31.9 Å². The predicted octanol–water partition coefficient (Wildman–Crippen LogP) is 18.4. The second kappa shape index (κ2) is 16.4. The molecule has 0 unspecified atom stereocenters. The Morgan fingerprint density at radius 3 is 0.483 bits per heavy atom. The van der Waals surface area contributed by atoms with Crippen LogP contribution < -0.4 is 0 Å². The van der Waals surface area contributed by atoms with Crippen molar-refractivity contribution < 1.29 is 0 Å². The van der Waals surface area contributed by atoms with Crippen molar-refractivity contribution in [3.05, 3.63) is 177 Å². The molecule has 0 heterocycles. The van der Waals surface area contributed by atoms with E-state index >= 15 is 0 Å². The minimum absolute atomic E-state index is 0.0182. The van der Waals surface area contributed by atoms with E-state index in [9.17, 15) is 0 Å². The first-order valence-electron chi connectivity index (χ1n) is 21.3.